The van der Waals surface area contributed by atoms with Crippen molar-refractivity contribution in [1.29, 1.82) is 0 Å². The first kappa shape index (κ1) is 14.5. The summed E-state index contributed by atoms with van der Waals surface area (Å²) in [6.45, 7) is 4.16. The van der Waals surface area contributed by atoms with Crippen molar-refractivity contribution in [2.75, 3.05) is 6.26 Å². The molecule has 0 N–H and O–H groups in total. The van der Waals surface area contributed by atoms with Crippen molar-refractivity contribution in [3.8, 4) is 0 Å². The maximum atomic E-state index is 11.6. The van der Waals surface area contributed by atoms with Gasteiger partial charge in [-0.3, -0.25) is 4.21 Å². The quantitative estimate of drug-likeness (QED) is 0.788. The second kappa shape index (κ2) is 7.01. The molecule has 0 aliphatic heterocycles. The molecule has 1 nitrogen and oxygen atoms in total. The maximum Gasteiger partial charge on any atom is 0.0427 e. The largest absolute Gasteiger partial charge is 0.255 e. The first-order chi connectivity index (χ1) is 9.66. The predicted molar refractivity (Wildman–Crippen MR) is 88.6 cm³/mol. The van der Waals surface area contributed by atoms with Gasteiger partial charge in [0.1, 0.15) is 0 Å². The van der Waals surface area contributed by atoms with Gasteiger partial charge in [0.15, 0.2) is 0 Å². The van der Waals surface area contributed by atoms with Crippen LogP contribution in [0, 0.1) is 0 Å². The molecule has 0 radical (unpaired) electrons. The van der Waals surface area contributed by atoms with E-state index in [1.807, 2.05) is 66.1 Å². The van der Waals surface area contributed by atoms with Crippen molar-refractivity contribution in [2.24, 2.45) is 0 Å². The van der Waals surface area contributed by atoms with Crippen LogP contribution in [-0.4, -0.2) is 10.5 Å². The highest BCUT2D eigenvalue weighted by atomic mass is 32.2. The lowest BCUT2D eigenvalue weighted by atomic mass is 9.96. The van der Waals surface area contributed by atoms with Gasteiger partial charge < -0.3 is 0 Å². The minimum atomic E-state index is -0.972. The summed E-state index contributed by atoms with van der Waals surface area (Å²) in [6, 6.07) is 20.1. The average Bonchev–Trinajstić information content (AvgIpc) is 2.48. The fourth-order valence-electron chi connectivity index (χ4n) is 2.07. The second-order valence-electron chi connectivity index (χ2n) is 4.65. The second-order valence-corrected chi connectivity index (χ2v) is 5.89. The lowest BCUT2D eigenvalue weighted by molar-refractivity contribution is 0.692. The Labute approximate surface area is 123 Å². The van der Waals surface area contributed by atoms with E-state index in [9.17, 15) is 4.21 Å². The molecule has 0 saturated heterocycles. The van der Waals surface area contributed by atoms with Crippen LogP contribution in [0.4, 0.5) is 0 Å². The van der Waals surface area contributed by atoms with Gasteiger partial charge in [0, 0.05) is 22.5 Å². The highest BCUT2D eigenvalue weighted by Crippen LogP contribution is 2.27. The fraction of sp³-hybridized carbons (Fsp3) is 0.111. The van der Waals surface area contributed by atoms with Crippen molar-refractivity contribution in [3.63, 3.8) is 0 Å². The third kappa shape index (κ3) is 4.04. The van der Waals surface area contributed by atoms with Gasteiger partial charge in [-0.15, -0.1) is 0 Å². The van der Waals surface area contributed by atoms with Gasteiger partial charge in [0.2, 0.25) is 0 Å². The molecular formula is C18H18OS. The van der Waals surface area contributed by atoms with Gasteiger partial charge in [0.05, 0.1) is 0 Å². The Kier molecular flexibility index (Phi) is 5.08. The molecule has 0 fully saturated rings. The van der Waals surface area contributed by atoms with E-state index in [1.54, 1.807) is 6.26 Å². The lowest BCUT2D eigenvalue weighted by Crippen LogP contribution is -1.91. The molecule has 2 aromatic carbocycles. The van der Waals surface area contributed by atoms with Crippen LogP contribution < -0.4 is 0 Å². The molecule has 20 heavy (non-hydrogen) atoms. The minimum Gasteiger partial charge on any atom is -0.255 e. The van der Waals surface area contributed by atoms with Crippen LogP contribution in [0.25, 0.3) is 11.1 Å². The van der Waals surface area contributed by atoms with E-state index in [0.29, 0.717) is 6.42 Å². The summed E-state index contributed by atoms with van der Waals surface area (Å²) in [5, 5.41) is 1.81. The fourth-order valence-corrected chi connectivity index (χ4v) is 2.69. The molecule has 102 valence electrons. The standard InChI is InChI=1S/C18H18OS/c1-15(16-9-5-3-6-10-16)13-18(14-20(2)19)17-11-7-4-8-12-17/h3-12,14H,1,13H2,2H3/b18-14+/t20-/m0/s1. The summed E-state index contributed by atoms with van der Waals surface area (Å²) in [5.74, 6) is 0. The zero-order valence-corrected chi connectivity index (χ0v) is 12.4. The SMILES string of the molecule is C=C(C/C(=C\[S@](C)=O)c1ccccc1)c1ccccc1. The number of hydrogen-bond donors (Lipinski definition) is 0. The van der Waals surface area contributed by atoms with Crippen LogP contribution in [0.3, 0.4) is 0 Å². The zero-order chi connectivity index (χ0) is 14.4. The molecule has 0 saturated carbocycles. The van der Waals surface area contributed by atoms with Crippen molar-refractivity contribution < 1.29 is 4.21 Å². The normalized spacial score (nSPS) is 12.9. The summed E-state index contributed by atoms with van der Waals surface area (Å²) in [7, 11) is -0.972. The van der Waals surface area contributed by atoms with Crippen LogP contribution in [0.1, 0.15) is 17.5 Å². The number of allylic oxidation sites excluding steroid dienone is 2. The Hall–Kier alpha value is -1.93. The van der Waals surface area contributed by atoms with Crippen LogP contribution in [0.5, 0.6) is 0 Å². The maximum absolute atomic E-state index is 11.6. The van der Waals surface area contributed by atoms with Crippen LogP contribution in [-0.2, 0) is 10.8 Å². The molecule has 2 heteroatoms. The molecule has 1 atom stereocenters. The van der Waals surface area contributed by atoms with Gasteiger partial charge in [-0.05, 0) is 28.7 Å². The van der Waals surface area contributed by atoms with Gasteiger partial charge in [-0.25, -0.2) is 0 Å². The Morgan fingerprint density at radius 3 is 2.00 bits per heavy atom. The molecule has 0 bridgehead atoms. The summed E-state index contributed by atoms with van der Waals surface area (Å²) < 4.78 is 11.6. The van der Waals surface area contributed by atoms with E-state index >= 15 is 0 Å². The molecule has 0 spiro atoms. The van der Waals surface area contributed by atoms with E-state index in [0.717, 1.165) is 22.3 Å². The highest BCUT2D eigenvalue weighted by Gasteiger charge is 2.06. The first-order valence-electron chi connectivity index (χ1n) is 6.48. The Morgan fingerprint density at radius 2 is 1.50 bits per heavy atom. The van der Waals surface area contributed by atoms with E-state index in [1.165, 1.54) is 0 Å². The Morgan fingerprint density at radius 1 is 1.00 bits per heavy atom. The first-order valence-corrected chi connectivity index (χ1v) is 8.10. The molecule has 0 unspecified atom stereocenters. The molecule has 0 aliphatic carbocycles. The zero-order valence-electron chi connectivity index (χ0n) is 11.6. The summed E-state index contributed by atoms with van der Waals surface area (Å²) >= 11 is 0. The molecular weight excluding hydrogens is 264 g/mol. The van der Waals surface area contributed by atoms with Gasteiger partial charge >= 0.3 is 0 Å². The molecule has 0 amide bonds. The third-order valence-corrected chi connectivity index (χ3v) is 3.66. The van der Waals surface area contributed by atoms with Gasteiger partial charge in [-0.1, -0.05) is 67.2 Å². The summed E-state index contributed by atoms with van der Waals surface area (Å²) in [5.41, 5.74) is 4.31. The lowest BCUT2D eigenvalue weighted by Gasteiger charge is -2.10. The van der Waals surface area contributed by atoms with Crippen molar-refractivity contribution in [3.05, 3.63) is 83.8 Å². The molecule has 2 rings (SSSR count). The summed E-state index contributed by atoms with van der Waals surface area (Å²) in [6.07, 6.45) is 2.39. The third-order valence-electron chi connectivity index (χ3n) is 3.04. The van der Waals surface area contributed by atoms with Gasteiger partial charge in [-0.2, -0.15) is 0 Å². The smallest absolute Gasteiger partial charge is 0.0427 e. The predicted octanol–water partition coefficient (Wildman–Crippen LogP) is 4.51. The molecule has 2 aromatic rings. The van der Waals surface area contributed by atoms with Crippen molar-refractivity contribution in [2.45, 2.75) is 6.42 Å². The topological polar surface area (TPSA) is 17.1 Å². The van der Waals surface area contributed by atoms with E-state index in [-0.39, 0.29) is 0 Å². The molecule has 0 aromatic heterocycles. The van der Waals surface area contributed by atoms with E-state index in [2.05, 4.69) is 6.58 Å². The minimum absolute atomic E-state index is 0.702. The average molecular weight is 282 g/mol. The highest BCUT2D eigenvalue weighted by molar-refractivity contribution is 7.87. The Balaban J connectivity index is 2.26. The Bertz CT molecular complexity index is 627. The van der Waals surface area contributed by atoms with Crippen LogP contribution in [0.2, 0.25) is 0 Å². The van der Waals surface area contributed by atoms with Gasteiger partial charge in [0.25, 0.3) is 0 Å². The monoisotopic (exact) mass is 282 g/mol. The molecule has 0 aliphatic rings. The van der Waals surface area contributed by atoms with Crippen LogP contribution >= 0.6 is 0 Å². The van der Waals surface area contributed by atoms with E-state index < -0.39 is 10.8 Å². The number of benzene rings is 2. The van der Waals surface area contributed by atoms with Crippen molar-refractivity contribution >= 4 is 21.9 Å². The molecule has 0 heterocycles. The number of hydrogen-bond acceptors (Lipinski definition) is 1. The number of rotatable bonds is 5. The summed E-state index contributed by atoms with van der Waals surface area (Å²) in [4.78, 5) is 0. The van der Waals surface area contributed by atoms with Crippen LogP contribution in [0.15, 0.2) is 72.7 Å². The van der Waals surface area contributed by atoms with Crippen molar-refractivity contribution in [1.82, 2.24) is 0 Å². The van der Waals surface area contributed by atoms with E-state index in [4.69, 9.17) is 0 Å².